The minimum absolute atomic E-state index is 0.0168. The number of nitrogens with one attached hydrogen (secondary N) is 1. The molecule has 2 aromatic rings. The quantitative estimate of drug-likeness (QED) is 0.859. The van der Waals surface area contributed by atoms with Gasteiger partial charge in [-0.3, -0.25) is 18.9 Å². The van der Waals surface area contributed by atoms with Crippen molar-refractivity contribution in [1.29, 1.82) is 0 Å². The lowest BCUT2D eigenvalue weighted by Crippen LogP contribution is -2.32. The van der Waals surface area contributed by atoms with Crippen molar-refractivity contribution in [2.45, 2.75) is 32.9 Å². The molecule has 0 spiro atoms. The summed E-state index contributed by atoms with van der Waals surface area (Å²) in [4.78, 5) is 42.2. The third kappa shape index (κ3) is 2.61. The molecule has 0 radical (unpaired) electrons. The van der Waals surface area contributed by atoms with Gasteiger partial charge in [-0.2, -0.15) is 0 Å². The zero-order chi connectivity index (χ0) is 15.9. The summed E-state index contributed by atoms with van der Waals surface area (Å²) < 4.78 is 1.43. The van der Waals surface area contributed by atoms with Crippen LogP contribution in [-0.2, 0) is 11.3 Å². The van der Waals surface area contributed by atoms with Crippen molar-refractivity contribution in [3.8, 4) is 0 Å². The van der Waals surface area contributed by atoms with E-state index in [-0.39, 0.29) is 18.0 Å². The SMILES string of the molecule is CC(C)CC1NC(=O)N(Cc2cc(=O)n3ccsc3n2)C1=O. The number of imide groups is 1. The number of hydrogen-bond acceptors (Lipinski definition) is 5. The number of thiazole rings is 1. The van der Waals surface area contributed by atoms with Gasteiger partial charge in [0.2, 0.25) is 0 Å². The largest absolute Gasteiger partial charge is 0.326 e. The molecular formula is C14H16N4O3S. The monoisotopic (exact) mass is 320 g/mol. The number of rotatable bonds is 4. The molecule has 0 aliphatic carbocycles. The van der Waals surface area contributed by atoms with Crippen LogP contribution in [0.5, 0.6) is 0 Å². The molecule has 3 rings (SSSR count). The molecule has 1 fully saturated rings. The highest BCUT2D eigenvalue weighted by Gasteiger charge is 2.38. The first-order valence-corrected chi connectivity index (χ1v) is 7.91. The minimum atomic E-state index is -0.487. The van der Waals surface area contributed by atoms with E-state index in [0.717, 1.165) is 4.90 Å². The fraction of sp³-hybridized carbons (Fsp3) is 0.429. The van der Waals surface area contributed by atoms with Gasteiger partial charge in [-0.25, -0.2) is 9.78 Å². The highest BCUT2D eigenvalue weighted by atomic mass is 32.1. The Morgan fingerprint density at radius 1 is 1.36 bits per heavy atom. The average molecular weight is 320 g/mol. The van der Waals surface area contributed by atoms with Gasteiger partial charge in [0, 0.05) is 17.6 Å². The summed E-state index contributed by atoms with van der Waals surface area (Å²) in [6.45, 7) is 4.01. The number of aromatic nitrogens is 2. The Kier molecular flexibility index (Phi) is 3.69. The van der Waals surface area contributed by atoms with E-state index in [1.54, 1.807) is 11.6 Å². The molecule has 8 heteroatoms. The first-order valence-electron chi connectivity index (χ1n) is 7.03. The van der Waals surface area contributed by atoms with E-state index in [9.17, 15) is 14.4 Å². The Labute approximate surface area is 130 Å². The highest BCUT2D eigenvalue weighted by Crippen LogP contribution is 2.16. The van der Waals surface area contributed by atoms with Crippen molar-refractivity contribution < 1.29 is 9.59 Å². The van der Waals surface area contributed by atoms with E-state index in [1.807, 2.05) is 13.8 Å². The number of amides is 3. The second-order valence-electron chi connectivity index (χ2n) is 5.70. The van der Waals surface area contributed by atoms with Crippen LogP contribution in [0, 0.1) is 5.92 Å². The normalized spacial score (nSPS) is 18.5. The third-order valence-electron chi connectivity index (χ3n) is 3.49. The maximum atomic E-state index is 12.3. The summed E-state index contributed by atoms with van der Waals surface area (Å²) >= 11 is 1.33. The highest BCUT2D eigenvalue weighted by molar-refractivity contribution is 7.15. The summed E-state index contributed by atoms with van der Waals surface area (Å²) in [6, 6.07) is 0.443. The molecule has 1 aliphatic heterocycles. The Morgan fingerprint density at radius 2 is 2.14 bits per heavy atom. The van der Waals surface area contributed by atoms with Crippen LogP contribution >= 0.6 is 11.3 Å². The fourth-order valence-corrected chi connectivity index (χ4v) is 3.23. The van der Waals surface area contributed by atoms with Gasteiger partial charge in [-0.1, -0.05) is 13.8 Å². The van der Waals surface area contributed by atoms with E-state index in [1.165, 1.54) is 21.8 Å². The molecule has 1 atom stereocenters. The summed E-state index contributed by atoms with van der Waals surface area (Å²) in [5.74, 6) is 0.0475. The first kappa shape index (κ1) is 14.7. The van der Waals surface area contributed by atoms with Crippen LogP contribution in [0.2, 0.25) is 0 Å². The Morgan fingerprint density at radius 3 is 2.86 bits per heavy atom. The van der Waals surface area contributed by atoms with E-state index in [0.29, 0.717) is 23.0 Å². The standard InChI is InChI=1S/C14H16N4O3S/c1-8(2)5-10-12(20)18(13(21)16-10)7-9-6-11(19)17-3-4-22-14(17)15-9/h3-4,6,8,10H,5,7H2,1-2H3,(H,16,21). The smallest absolute Gasteiger partial charge is 0.325 e. The van der Waals surface area contributed by atoms with Crippen LogP contribution < -0.4 is 10.9 Å². The lowest BCUT2D eigenvalue weighted by atomic mass is 10.0. The van der Waals surface area contributed by atoms with E-state index in [4.69, 9.17) is 0 Å². The van der Waals surface area contributed by atoms with Crippen molar-refractivity contribution in [3.05, 3.63) is 33.7 Å². The second-order valence-corrected chi connectivity index (χ2v) is 6.57. The van der Waals surface area contributed by atoms with Crippen LogP contribution in [-0.4, -0.2) is 32.3 Å². The molecule has 0 bridgehead atoms. The van der Waals surface area contributed by atoms with Crippen molar-refractivity contribution >= 4 is 28.2 Å². The lowest BCUT2D eigenvalue weighted by molar-refractivity contribution is -0.128. The van der Waals surface area contributed by atoms with E-state index >= 15 is 0 Å². The van der Waals surface area contributed by atoms with Crippen LogP contribution in [0.4, 0.5) is 4.79 Å². The topological polar surface area (TPSA) is 83.8 Å². The first-order chi connectivity index (χ1) is 10.5. The van der Waals surface area contributed by atoms with Crippen molar-refractivity contribution in [2.75, 3.05) is 0 Å². The number of urea groups is 1. The Balaban J connectivity index is 1.83. The van der Waals surface area contributed by atoms with Gasteiger partial charge in [0.25, 0.3) is 11.5 Å². The summed E-state index contributed by atoms with van der Waals surface area (Å²) in [6.07, 6.45) is 2.24. The van der Waals surface area contributed by atoms with Crippen LogP contribution in [0.3, 0.4) is 0 Å². The Hall–Kier alpha value is -2.22. The van der Waals surface area contributed by atoms with Gasteiger partial charge in [0.1, 0.15) is 6.04 Å². The zero-order valence-corrected chi connectivity index (χ0v) is 13.1. The molecule has 3 amide bonds. The van der Waals surface area contributed by atoms with Crippen molar-refractivity contribution in [2.24, 2.45) is 5.92 Å². The summed E-state index contributed by atoms with van der Waals surface area (Å²) in [7, 11) is 0. The number of carbonyl (C=O) groups excluding carboxylic acids is 2. The molecule has 1 aliphatic rings. The molecule has 116 valence electrons. The summed E-state index contributed by atoms with van der Waals surface area (Å²) in [5, 5.41) is 4.44. The zero-order valence-electron chi connectivity index (χ0n) is 12.3. The van der Waals surface area contributed by atoms with Crippen LogP contribution in [0.15, 0.2) is 22.4 Å². The number of nitrogens with zero attached hydrogens (tertiary/aromatic N) is 3. The molecule has 2 aromatic heterocycles. The van der Waals surface area contributed by atoms with Crippen LogP contribution in [0.1, 0.15) is 26.0 Å². The predicted octanol–water partition coefficient (Wildman–Crippen LogP) is 1.22. The van der Waals surface area contributed by atoms with E-state index in [2.05, 4.69) is 10.3 Å². The maximum Gasteiger partial charge on any atom is 0.325 e. The summed E-state index contributed by atoms with van der Waals surface area (Å²) in [5.41, 5.74) is 0.202. The number of fused-ring (bicyclic) bond motifs is 1. The number of carbonyl (C=O) groups is 2. The van der Waals surface area contributed by atoms with E-state index < -0.39 is 12.1 Å². The molecule has 1 unspecified atom stereocenters. The van der Waals surface area contributed by atoms with Crippen LogP contribution in [0.25, 0.3) is 4.96 Å². The molecule has 1 saturated heterocycles. The predicted molar refractivity (Wildman–Crippen MR) is 81.7 cm³/mol. The third-order valence-corrected chi connectivity index (χ3v) is 4.25. The molecule has 22 heavy (non-hydrogen) atoms. The van der Waals surface area contributed by atoms with Crippen molar-refractivity contribution in [1.82, 2.24) is 19.6 Å². The second kappa shape index (κ2) is 5.53. The number of hydrogen-bond donors (Lipinski definition) is 1. The fourth-order valence-electron chi connectivity index (χ4n) is 2.49. The van der Waals surface area contributed by atoms with Gasteiger partial charge < -0.3 is 5.32 Å². The van der Waals surface area contributed by atoms with Gasteiger partial charge in [-0.15, -0.1) is 11.3 Å². The molecule has 7 nitrogen and oxygen atoms in total. The Bertz CT molecular complexity index is 795. The minimum Gasteiger partial charge on any atom is -0.326 e. The average Bonchev–Trinajstić information content (AvgIpc) is 2.99. The van der Waals surface area contributed by atoms with Gasteiger partial charge in [-0.05, 0) is 12.3 Å². The van der Waals surface area contributed by atoms with Gasteiger partial charge >= 0.3 is 6.03 Å². The molecule has 0 aromatic carbocycles. The molecule has 1 N–H and O–H groups in total. The maximum absolute atomic E-state index is 12.3. The van der Waals surface area contributed by atoms with Crippen molar-refractivity contribution in [3.63, 3.8) is 0 Å². The molecular weight excluding hydrogens is 304 g/mol. The lowest BCUT2D eigenvalue weighted by Gasteiger charge is -2.13. The molecule has 3 heterocycles. The van der Waals surface area contributed by atoms with Gasteiger partial charge in [0.15, 0.2) is 4.96 Å². The molecule has 0 saturated carbocycles. The van der Waals surface area contributed by atoms with Gasteiger partial charge in [0.05, 0.1) is 12.2 Å².